The molecule has 19 heavy (non-hydrogen) atoms. The first-order valence-electron chi connectivity index (χ1n) is 7.50. The van der Waals surface area contributed by atoms with Gasteiger partial charge in [0.25, 0.3) is 0 Å². The summed E-state index contributed by atoms with van der Waals surface area (Å²) in [6.45, 7) is 1.76. The number of hydrogen-bond acceptors (Lipinski definition) is 3. The van der Waals surface area contributed by atoms with Gasteiger partial charge in [0.2, 0.25) is 0 Å². The third kappa shape index (κ3) is 2.83. The van der Waals surface area contributed by atoms with Crippen LogP contribution in [0.15, 0.2) is 24.3 Å². The zero-order chi connectivity index (χ0) is 13.1. The molecule has 0 radical (unpaired) electrons. The maximum atomic E-state index is 5.78. The summed E-state index contributed by atoms with van der Waals surface area (Å²) < 4.78 is 5.50. The van der Waals surface area contributed by atoms with E-state index in [2.05, 4.69) is 29.7 Å². The summed E-state index contributed by atoms with van der Waals surface area (Å²) in [5.41, 5.74) is 6.13. The number of hydrogen-bond donors (Lipinski definition) is 2. The molecule has 2 aliphatic rings. The van der Waals surface area contributed by atoms with Crippen LogP contribution in [0.3, 0.4) is 0 Å². The first-order chi connectivity index (χ1) is 9.38. The van der Waals surface area contributed by atoms with Gasteiger partial charge in [0.05, 0.1) is 6.61 Å². The average molecular weight is 260 g/mol. The summed E-state index contributed by atoms with van der Waals surface area (Å²) in [6.07, 6.45) is 6.12. The number of fused-ring (bicyclic) bond motifs is 1. The number of nitrogens with one attached hydrogen (secondary N) is 1. The maximum Gasteiger partial charge on any atom is 0.0510 e. The molecule has 1 aromatic carbocycles. The molecule has 0 spiro atoms. The normalized spacial score (nSPS) is 28.1. The van der Waals surface area contributed by atoms with Crippen molar-refractivity contribution in [3.63, 3.8) is 0 Å². The molecule has 0 bridgehead atoms. The fraction of sp³-hybridized carbons (Fsp3) is 0.625. The molecule has 1 fully saturated rings. The van der Waals surface area contributed by atoms with E-state index in [-0.39, 0.29) is 0 Å². The van der Waals surface area contributed by atoms with Gasteiger partial charge in [-0.1, -0.05) is 24.3 Å². The largest absolute Gasteiger partial charge is 0.381 e. The lowest BCUT2D eigenvalue weighted by Gasteiger charge is -2.30. The molecule has 0 amide bonds. The zero-order valence-corrected chi connectivity index (χ0v) is 11.5. The Hall–Kier alpha value is -0.900. The molecule has 1 aliphatic heterocycles. The van der Waals surface area contributed by atoms with E-state index in [0.29, 0.717) is 17.9 Å². The van der Waals surface area contributed by atoms with Crippen LogP contribution in [0.4, 0.5) is 0 Å². The molecule has 1 aromatic rings. The number of rotatable bonds is 4. The van der Waals surface area contributed by atoms with E-state index >= 15 is 0 Å². The second kappa shape index (κ2) is 6.04. The molecule has 3 atom stereocenters. The lowest BCUT2D eigenvalue weighted by atomic mass is 9.78. The van der Waals surface area contributed by atoms with Gasteiger partial charge in [-0.25, -0.2) is 0 Å². The van der Waals surface area contributed by atoms with Crippen molar-refractivity contribution < 1.29 is 4.74 Å². The molecule has 0 aromatic heterocycles. The molecule has 1 aliphatic carbocycles. The predicted molar refractivity (Wildman–Crippen MR) is 76.8 cm³/mol. The summed E-state index contributed by atoms with van der Waals surface area (Å²) in [5.74, 6) is 7.03. The minimum atomic E-state index is 0.388. The van der Waals surface area contributed by atoms with E-state index in [4.69, 9.17) is 10.6 Å². The van der Waals surface area contributed by atoms with Crippen LogP contribution in [0.1, 0.15) is 42.7 Å². The fourth-order valence-electron chi connectivity index (χ4n) is 3.67. The summed E-state index contributed by atoms with van der Waals surface area (Å²) in [7, 11) is 0. The highest BCUT2D eigenvalue weighted by molar-refractivity contribution is 5.32. The number of hydrazine groups is 1. The van der Waals surface area contributed by atoms with E-state index in [1.165, 1.54) is 24.8 Å². The monoisotopic (exact) mass is 260 g/mol. The number of ether oxygens (including phenoxy) is 1. The van der Waals surface area contributed by atoms with Crippen LogP contribution in [-0.2, 0) is 11.2 Å². The van der Waals surface area contributed by atoms with Crippen molar-refractivity contribution in [3.05, 3.63) is 35.4 Å². The summed E-state index contributed by atoms with van der Waals surface area (Å²) in [4.78, 5) is 0. The third-order valence-corrected chi connectivity index (χ3v) is 4.78. The van der Waals surface area contributed by atoms with Crippen molar-refractivity contribution in [1.82, 2.24) is 5.43 Å². The quantitative estimate of drug-likeness (QED) is 0.645. The molecule has 3 unspecified atom stereocenters. The minimum Gasteiger partial charge on any atom is -0.381 e. The molecular formula is C16H24N2O. The Morgan fingerprint density at radius 2 is 2.21 bits per heavy atom. The van der Waals surface area contributed by atoms with Crippen LogP contribution in [0.2, 0.25) is 0 Å². The summed E-state index contributed by atoms with van der Waals surface area (Å²) in [5, 5.41) is 0. The Bertz CT molecular complexity index is 415. The van der Waals surface area contributed by atoms with E-state index in [9.17, 15) is 0 Å². The molecule has 1 saturated heterocycles. The van der Waals surface area contributed by atoms with Gasteiger partial charge < -0.3 is 4.74 Å². The Morgan fingerprint density at radius 1 is 1.32 bits per heavy atom. The van der Waals surface area contributed by atoms with Crippen LogP contribution < -0.4 is 11.3 Å². The van der Waals surface area contributed by atoms with E-state index in [1.807, 2.05) is 0 Å². The van der Waals surface area contributed by atoms with E-state index < -0.39 is 0 Å². The second-order valence-corrected chi connectivity index (χ2v) is 5.92. The lowest BCUT2D eigenvalue weighted by molar-refractivity contribution is 0.173. The molecule has 1 heterocycles. The van der Waals surface area contributed by atoms with Crippen molar-refractivity contribution >= 4 is 0 Å². The Balaban J connectivity index is 1.72. The van der Waals surface area contributed by atoms with Gasteiger partial charge in [0, 0.05) is 18.6 Å². The van der Waals surface area contributed by atoms with Gasteiger partial charge in [-0.2, -0.15) is 0 Å². The number of benzene rings is 1. The third-order valence-electron chi connectivity index (χ3n) is 4.78. The smallest absolute Gasteiger partial charge is 0.0510 e. The van der Waals surface area contributed by atoms with Gasteiger partial charge in [0.1, 0.15) is 0 Å². The van der Waals surface area contributed by atoms with E-state index in [1.54, 1.807) is 5.56 Å². The van der Waals surface area contributed by atoms with Gasteiger partial charge >= 0.3 is 0 Å². The first-order valence-corrected chi connectivity index (χ1v) is 7.50. The van der Waals surface area contributed by atoms with Crippen molar-refractivity contribution in [2.75, 3.05) is 13.2 Å². The highest BCUT2D eigenvalue weighted by Gasteiger charge is 2.29. The molecule has 3 rings (SSSR count). The number of aryl methyl sites for hydroxylation is 1. The van der Waals surface area contributed by atoms with Crippen LogP contribution in [-0.4, -0.2) is 19.3 Å². The zero-order valence-electron chi connectivity index (χ0n) is 11.5. The topological polar surface area (TPSA) is 47.3 Å². The van der Waals surface area contributed by atoms with Gasteiger partial charge in [0.15, 0.2) is 0 Å². The molecule has 0 saturated carbocycles. The highest BCUT2D eigenvalue weighted by atomic mass is 16.5. The predicted octanol–water partition coefficient (Wildman–Crippen LogP) is 2.37. The van der Waals surface area contributed by atoms with Crippen LogP contribution in [0.25, 0.3) is 0 Å². The molecule has 3 heteroatoms. The fourth-order valence-corrected chi connectivity index (χ4v) is 3.67. The van der Waals surface area contributed by atoms with Crippen molar-refractivity contribution in [1.29, 1.82) is 0 Å². The molecule has 3 N–H and O–H groups in total. The Morgan fingerprint density at radius 3 is 3.00 bits per heavy atom. The van der Waals surface area contributed by atoms with Gasteiger partial charge in [-0.3, -0.25) is 11.3 Å². The number of nitrogens with two attached hydrogens (primary N) is 1. The van der Waals surface area contributed by atoms with Gasteiger partial charge in [-0.15, -0.1) is 0 Å². The van der Waals surface area contributed by atoms with Crippen molar-refractivity contribution in [2.45, 2.75) is 44.1 Å². The minimum absolute atomic E-state index is 0.388. The van der Waals surface area contributed by atoms with Crippen molar-refractivity contribution in [2.24, 2.45) is 11.8 Å². The summed E-state index contributed by atoms with van der Waals surface area (Å²) >= 11 is 0. The molecular weight excluding hydrogens is 236 g/mol. The van der Waals surface area contributed by atoms with E-state index in [0.717, 1.165) is 26.1 Å². The van der Waals surface area contributed by atoms with Crippen LogP contribution in [0.5, 0.6) is 0 Å². The highest BCUT2D eigenvalue weighted by Crippen LogP contribution is 2.36. The Labute approximate surface area is 115 Å². The van der Waals surface area contributed by atoms with Gasteiger partial charge in [-0.05, 0) is 49.1 Å². The standard InChI is InChI=1S/C16H24N2O/c17-18-16(14-8-9-19-11-14)10-13-6-3-5-12-4-1-2-7-15(12)13/h1-2,4,7,13-14,16,18H,3,5-6,8-11,17H2. The second-order valence-electron chi connectivity index (χ2n) is 5.92. The molecule has 3 nitrogen and oxygen atoms in total. The SMILES string of the molecule is NNC(CC1CCCc2ccccc21)C1CCOC1. The maximum absolute atomic E-state index is 5.78. The van der Waals surface area contributed by atoms with Crippen LogP contribution in [0, 0.1) is 5.92 Å². The molecule has 104 valence electrons. The first kappa shape index (κ1) is 13.1. The summed E-state index contributed by atoms with van der Waals surface area (Å²) in [6, 6.07) is 9.30. The average Bonchev–Trinajstić information content (AvgIpc) is 2.99. The van der Waals surface area contributed by atoms with Crippen LogP contribution >= 0.6 is 0 Å². The lowest BCUT2D eigenvalue weighted by Crippen LogP contribution is -2.42. The van der Waals surface area contributed by atoms with Crippen molar-refractivity contribution in [3.8, 4) is 0 Å². The Kier molecular flexibility index (Phi) is 4.16.